The topological polar surface area (TPSA) is 120 Å². The van der Waals surface area contributed by atoms with Gasteiger partial charge in [-0.25, -0.2) is 19.6 Å². The Morgan fingerprint density at radius 2 is 1.78 bits per heavy atom. The highest BCUT2D eigenvalue weighted by atomic mass is 35.5. The van der Waals surface area contributed by atoms with Crippen LogP contribution in [0.15, 0.2) is 59.6 Å². The molecule has 1 N–H and O–H groups in total. The van der Waals surface area contributed by atoms with Gasteiger partial charge in [0.25, 0.3) is 0 Å². The van der Waals surface area contributed by atoms with E-state index in [1.54, 1.807) is 55.7 Å². The van der Waals surface area contributed by atoms with E-state index in [-0.39, 0.29) is 30.8 Å². The van der Waals surface area contributed by atoms with Gasteiger partial charge in [-0.15, -0.1) is 0 Å². The maximum Gasteiger partial charge on any atom is 0.338 e. The number of hydrogen-bond donors (Lipinski definition) is 1. The summed E-state index contributed by atoms with van der Waals surface area (Å²) >= 11 is 13.0. The first kappa shape index (κ1) is 29.7. The van der Waals surface area contributed by atoms with E-state index in [0.717, 1.165) is 43.4 Å². The van der Waals surface area contributed by atoms with Crippen LogP contribution >= 0.6 is 23.2 Å². The maximum atomic E-state index is 13.4. The second kappa shape index (κ2) is 12.4. The van der Waals surface area contributed by atoms with Crippen molar-refractivity contribution in [3.05, 3.63) is 82.1 Å². The van der Waals surface area contributed by atoms with Crippen LogP contribution in [0.1, 0.15) is 66.6 Å². The van der Waals surface area contributed by atoms with E-state index >= 15 is 0 Å². The number of halogens is 2. The predicted octanol–water partition coefficient (Wildman–Crippen LogP) is 7.51. The van der Waals surface area contributed by atoms with Crippen molar-refractivity contribution >= 4 is 40.9 Å². The first-order valence-corrected chi connectivity index (χ1v) is 15.9. The summed E-state index contributed by atoms with van der Waals surface area (Å²) in [5.41, 5.74) is 4.36. The molecule has 232 valence electrons. The van der Waals surface area contributed by atoms with Crippen LogP contribution in [-0.2, 0) is 16.1 Å². The Labute approximate surface area is 270 Å². The highest BCUT2D eigenvalue weighted by molar-refractivity contribution is 6.39. The van der Waals surface area contributed by atoms with E-state index in [9.17, 15) is 9.59 Å². The summed E-state index contributed by atoms with van der Waals surface area (Å²) in [6.07, 6.45) is 9.15. The lowest BCUT2D eigenvalue weighted by Crippen LogP contribution is -2.65. The number of amides is 2. The highest BCUT2D eigenvalue weighted by Crippen LogP contribution is 2.47. The third kappa shape index (κ3) is 5.90. The number of urea groups is 1. The van der Waals surface area contributed by atoms with Crippen molar-refractivity contribution in [1.29, 1.82) is 0 Å². The predicted molar refractivity (Wildman–Crippen MR) is 168 cm³/mol. The number of nitrogens with zero attached hydrogens (tertiary/aromatic N) is 4. The molecule has 2 aliphatic carbocycles. The number of anilines is 1. The molecule has 2 aromatic heterocycles. The molecule has 12 heteroatoms. The van der Waals surface area contributed by atoms with Gasteiger partial charge in [0, 0.05) is 58.3 Å². The summed E-state index contributed by atoms with van der Waals surface area (Å²) < 4.78 is 17.5. The van der Waals surface area contributed by atoms with Gasteiger partial charge in [-0.2, -0.15) is 0 Å². The van der Waals surface area contributed by atoms with E-state index in [4.69, 9.17) is 37.2 Å². The van der Waals surface area contributed by atoms with Crippen molar-refractivity contribution in [2.24, 2.45) is 0 Å². The molecular formula is C33H31Cl2N5O5. The Bertz CT molecular complexity index is 1710. The molecule has 4 aromatic rings. The average Bonchev–Trinajstić information content (AvgIpc) is 3.80. The fourth-order valence-corrected chi connectivity index (χ4v) is 6.99. The average molecular weight is 649 g/mol. The lowest BCUT2D eigenvalue weighted by atomic mass is 9.78. The molecule has 2 unspecified atom stereocenters. The lowest BCUT2D eigenvalue weighted by molar-refractivity contribution is -0.0837. The van der Waals surface area contributed by atoms with Crippen molar-refractivity contribution in [1.82, 2.24) is 20.0 Å². The van der Waals surface area contributed by atoms with E-state index in [0.29, 0.717) is 56.2 Å². The quantitative estimate of drug-likeness (QED) is 0.185. The molecule has 2 atom stereocenters. The molecular weight excluding hydrogens is 617 g/mol. The molecule has 4 aliphatic rings. The van der Waals surface area contributed by atoms with Gasteiger partial charge in [-0.3, -0.25) is 0 Å². The molecule has 8 rings (SSSR count). The zero-order valence-corrected chi connectivity index (χ0v) is 26.1. The molecule has 2 saturated carbocycles. The zero-order chi connectivity index (χ0) is 31.1. The summed E-state index contributed by atoms with van der Waals surface area (Å²) in [7, 11) is 0. The van der Waals surface area contributed by atoms with Gasteiger partial charge in [-0.05, 0) is 69.4 Å². The van der Waals surface area contributed by atoms with Crippen molar-refractivity contribution < 1.29 is 23.6 Å². The van der Waals surface area contributed by atoms with Gasteiger partial charge in [0.1, 0.15) is 17.8 Å². The van der Waals surface area contributed by atoms with Gasteiger partial charge in [0.15, 0.2) is 0 Å². The lowest BCUT2D eigenvalue weighted by Gasteiger charge is -2.54. The van der Waals surface area contributed by atoms with Crippen LogP contribution in [0, 0.1) is 0 Å². The molecule has 2 saturated heterocycles. The molecule has 10 nitrogen and oxygen atoms in total. The molecule has 4 fully saturated rings. The Morgan fingerprint density at radius 3 is 2.47 bits per heavy atom. The van der Waals surface area contributed by atoms with Crippen LogP contribution in [-0.4, -0.2) is 56.8 Å². The normalized spacial score (nSPS) is 20.4. The summed E-state index contributed by atoms with van der Waals surface area (Å²) in [6, 6.07) is 10.5. The Morgan fingerprint density at radius 1 is 1.04 bits per heavy atom. The van der Waals surface area contributed by atoms with Crippen LogP contribution in [0.5, 0.6) is 0 Å². The number of benzene rings is 2. The number of hydrogen-bond acceptors (Lipinski definition) is 8. The molecule has 2 amide bonds. The third-order valence-electron chi connectivity index (χ3n) is 8.70. The van der Waals surface area contributed by atoms with Gasteiger partial charge >= 0.3 is 12.0 Å². The second-order valence-electron chi connectivity index (χ2n) is 11.6. The fourth-order valence-electron chi connectivity index (χ4n) is 6.42. The minimum atomic E-state index is -0.449. The minimum Gasteiger partial charge on any atom is -0.462 e. The number of ether oxygens (including phenoxy) is 2. The molecule has 0 spiro atoms. The number of carbonyl (C=O) groups is 2. The number of fused-ring (bicyclic) bond motifs is 2. The van der Waals surface area contributed by atoms with Gasteiger partial charge < -0.3 is 24.2 Å². The first-order valence-electron chi connectivity index (χ1n) is 15.1. The van der Waals surface area contributed by atoms with Crippen LogP contribution in [0.4, 0.5) is 10.5 Å². The maximum absolute atomic E-state index is 13.4. The molecule has 2 aromatic carbocycles. The second-order valence-corrected chi connectivity index (χ2v) is 12.5. The molecule has 4 heterocycles. The van der Waals surface area contributed by atoms with Crippen LogP contribution in [0.2, 0.25) is 10.0 Å². The van der Waals surface area contributed by atoms with Crippen LogP contribution in [0.3, 0.4) is 0 Å². The van der Waals surface area contributed by atoms with Gasteiger partial charge in [0.05, 0.1) is 34.9 Å². The minimum absolute atomic E-state index is 0.0112. The number of esters is 1. The first-order chi connectivity index (χ1) is 21.9. The number of aromatic nitrogens is 3. The Hall–Kier alpha value is -3.99. The van der Waals surface area contributed by atoms with Crippen molar-refractivity contribution in [3.63, 3.8) is 0 Å². The smallest absolute Gasteiger partial charge is 0.338 e. The number of carbonyl (C=O) groups excluding carboxylic acids is 2. The molecule has 0 radical (unpaired) electrons. The summed E-state index contributed by atoms with van der Waals surface area (Å²) in [5, 5.41) is 8.41. The van der Waals surface area contributed by atoms with Crippen molar-refractivity contribution in [2.45, 2.75) is 69.7 Å². The van der Waals surface area contributed by atoms with E-state index in [1.165, 1.54) is 6.33 Å². The molecule has 2 aliphatic heterocycles. The van der Waals surface area contributed by atoms with Gasteiger partial charge in [0.2, 0.25) is 0 Å². The van der Waals surface area contributed by atoms with Crippen molar-refractivity contribution in [2.75, 3.05) is 11.9 Å². The largest absolute Gasteiger partial charge is 0.462 e. The summed E-state index contributed by atoms with van der Waals surface area (Å²) in [5.74, 6) is 0.736. The fraction of sp³-hybridized carbons (Fsp3) is 0.364. The SMILES string of the molecule is CCOC(=O)c1ccc(NC(=O)N2C3CC(OCc4c(-c5c(Cl)cccc5Cl)noc4C4CC4)CC2C3)cc1-c1cncnc1. The number of rotatable bonds is 9. The van der Waals surface area contributed by atoms with Crippen LogP contribution in [0.25, 0.3) is 22.4 Å². The Balaban J connectivity index is 1.02. The Kier molecular flexibility index (Phi) is 8.20. The van der Waals surface area contributed by atoms with Gasteiger partial charge in [-0.1, -0.05) is 34.4 Å². The highest BCUT2D eigenvalue weighted by Gasteiger charge is 2.48. The zero-order valence-electron chi connectivity index (χ0n) is 24.5. The molecule has 45 heavy (non-hydrogen) atoms. The van der Waals surface area contributed by atoms with Crippen LogP contribution < -0.4 is 5.32 Å². The number of piperidine rings is 1. The third-order valence-corrected chi connectivity index (χ3v) is 9.33. The van der Waals surface area contributed by atoms with E-state index in [2.05, 4.69) is 20.4 Å². The van der Waals surface area contributed by atoms with Crippen molar-refractivity contribution in [3.8, 4) is 22.4 Å². The van der Waals surface area contributed by atoms with E-state index in [1.807, 2.05) is 4.90 Å². The monoisotopic (exact) mass is 647 g/mol. The summed E-state index contributed by atoms with van der Waals surface area (Å²) in [4.78, 5) is 36.1. The standard InChI is InChI=1S/C33H31Cl2N5O5/c1-2-43-32(41)24-9-8-20(10-25(24)19-14-36-17-37-15-19)38-33(42)40-21-11-22(40)13-23(12-21)44-16-26-30(39-45-31(26)18-6-7-18)29-27(34)4-3-5-28(29)35/h3-5,8-10,14-15,17-18,21-23H,2,6-7,11-13,16H2,1H3,(H,38,42). The van der Waals surface area contributed by atoms with E-state index < -0.39 is 5.97 Å². The summed E-state index contributed by atoms with van der Waals surface area (Å²) in [6.45, 7) is 2.34. The molecule has 2 bridgehead atoms. The number of nitrogens with one attached hydrogen (secondary N) is 1.